The highest BCUT2D eigenvalue weighted by Gasteiger charge is 2.22. The lowest BCUT2D eigenvalue weighted by Crippen LogP contribution is -2.41. The van der Waals surface area contributed by atoms with E-state index in [0.717, 1.165) is 49.1 Å². The fourth-order valence-corrected chi connectivity index (χ4v) is 3.64. The molecule has 27 heavy (non-hydrogen) atoms. The Kier molecular flexibility index (Phi) is 5.42. The Hall–Kier alpha value is -2.76. The van der Waals surface area contributed by atoms with Gasteiger partial charge < -0.3 is 20.3 Å². The van der Waals surface area contributed by atoms with Gasteiger partial charge in [0.25, 0.3) is 0 Å². The van der Waals surface area contributed by atoms with Crippen molar-refractivity contribution < 1.29 is 4.74 Å². The van der Waals surface area contributed by atoms with Gasteiger partial charge in [-0.1, -0.05) is 24.3 Å². The summed E-state index contributed by atoms with van der Waals surface area (Å²) in [6.45, 7) is 3.65. The Labute approximate surface area is 160 Å². The van der Waals surface area contributed by atoms with Crippen LogP contribution in [0, 0.1) is 0 Å². The normalized spacial score (nSPS) is 18.9. The van der Waals surface area contributed by atoms with Crippen LogP contribution in [0.1, 0.15) is 24.0 Å². The summed E-state index contributed by atoms with van der Waals surface area (Å²) in [7, 11) is 1.79. The van der Waals surface area contributed by atoms with E-state index < -0.39 is 0 Å². The highest BCUT2D eigenvalue weighted by molar-refractivity contribution is 5.79. The number of hydrogen-bond acceptors (Lipinski definition) is 4. The Morgan fingerprint density at radius 2 is 2.04 bits per heavy atom. The standard InChI is InChI=1S/C21H27N5O/c1-22-21(25-15-18-12-17-6-2-3-7-19(17)27-18)24-14-16-8-9-20(23-13-16)26-10-4-5-11-26/h2-3,6-9,13,18H,4-5,10-12,14-15H2,1H3,(H2,22,24,25). The molecule has 3 heterocycles. The largest absolute Gasteiger partial charge is 0.488 e. The molecule has 4 rings (SSSR count). The number of benzene rings is 1. The summed E-state index contributed by atoms with van der Waals surface area (Å²) in [4.78, 5) is 11.3. The summed E-state index contributed by atoms with van der Waals surface area (Å²) in [6.07, 6.45) is 5.56. The molecule has 142 valence electrons. The predicted molar refractivity (Wildman–Crippen MR) is 108 cm³/mol. The van der Waals surface area contributed by atoms with Crippen LogP contribution in [-0.2, 0) is 13.0 Å². The lowest BCUT2D eigenvalue weighted by atomic mass is 10.1. The fourth-order valence-electron chi connectivity index (χ4n) is 3.64. The van der Waals surface area contributed by atoms with E-state index in [1.165, 1.54) is 18.4 Å². The molecule has 0 aliphatic carbocycles. The molecule has 6 heteroatoms. The van der Waals surface area contributed by atoms with E-state index in [2.05, 4.69) is 49.8 Å². The number of anilines is 1. The second-order valence-corrected chi connectivity index (χ2v) is 7.08. The highest BCUT2D eigenvalue weighted by atomic mass is 16.5. The molecule has 2 aromatic rings. The summed E-state index contributed by atoms with van der Waals surface area (Å²) in [6, 6.07) is 12.5. The lowest BCUT2D eigenvalue weighted by molar-refractivity contribution is 0.235. The maximum atomic E-state index is 5.97. The third-order valence-corrected chi connectivity index (χ3v) is 5.13. The first-order chi connectivity index (χ1) is 13.3. The number of hydrogen-bond donors (Lipinski definition) is 2. The van der Waals surface area contributed by atoms with Crippen LogP contribution in [0.3, 0.4) is 0 Å². The number of aromatic nitrogens is 1. The third-order valence-electron chi connectivity index (χ3n) is 5.13. The Bertz CT molecular complexity index is 758. The molecule has 2 aliphatic rings. The molecule has 1 fully saturated rings. The number of nitrogens with one attached hydrogen (secondary N) is 2. The van der Waals surface area contributed by atoms with E-state index in [1.54, 1.807) is 7.05 Å². The molecule has 1 saturated heterocycles. The number of rotatable bonds is 5. The predicted octanol–water partition coefficient (Wildman–Crippen LogP) is 2.35. The molecule has 1 unspecified atom stereocenters. The highest BCUT2D eigenvalue weighted by Crippen LogP contribution is 2.27. The van der Waals surface area contributed by atoms with Crippen molar-refractivity contribution in [2.75, 3.05) is 31.6 Å². The summed E-state index contributed by atoms with van der Waals surface area (Å²) >= 11 is 0. The fraction of sp³-hybridized carbons (Fsp3) is 0.429. The van der Waals surface area contributed by atoms with Crippen molar-refractivity contribution in [1.29, 1.82) is 0 Å². The molecule has 1 atom stereocenters. The maximum absolute atomic E-state index is 5.97. The van der Waals surface area contributed by atoms with Crippen LogP contribution < -0.4 is 20.3 Å². The first kappa shape index (κ1) is 17.6. The molecule has 0 spiro atoms. The van der Waals surface area contributed by atoms with Gasteiger partial charge in [0.15, 0.2) is 5.96 Å². The van der Waals surface area contributed by atoms with Gasteiger partial charge in [0.1, 0.15) is 17.7 Å². The van der Waals surface area contributed by atoms with Gasteiger partial charge in [0, 0.05) is 39.3 Å². The number of nitrogens with zero attached hydrogens (tertiary/aromatic N) is 3. The molecule has 1 aromatic carbocycles. The molecule has 0 amide bonds. The summed E-state index contributed by atoms with van der Waals surface area (Å²) in [5.41, 5.74) is 2.42. The minimum absolute atomic E-state index is 0.141. The number of aliphatic imine (C=N–C) groups is 1. The lowest BCUT2D eigenvalue weighted by Gasteiger charge is -2.17. The van der Waals surface area contributed by atoms with Crippen LogP contribution in [0.15, 0.2) is 47.6 Å². The van der Waals surface area contributed by atoms with Gasteiger partial charge in [-0.15, -0.1) is 0 Å². The van der Waals surface area contributed by atoms with Gasteiger partial charge in [-0.05, 0) is 36.1 Å². The van der Waals surface area contributed by atoms with Gasteiger partial charge in [0.2, 0.25) is 0 Å². The van der Waals surface area contributed by atoms with Crippen LogP contribution >= 0.6 is 0 Å². The van der Waals surface area contributed by atoms with E-state index in [-0.39, 0.29) is 6.10 Å². The Morgan fingerprint density at radius 3 is 2.78 bits per heavy atom. The van der Waals surface area contributed by atoms with Crippen molar-refractivity contribution in [3.8, 4) is 5.75 Å². The second kappa shape index (κ2) is 8.29. The van der Waals surface area contributed by atoms with Crippen LogP contribution in [0.2, 0.25) is 0 Å². The number of pyridine rings is 1. The monoisotopic (exact) mass is 365 g/mol. The van der Waals surface area contributed by atoms with E-state index in [1.807, 2.05) is 18.3 Å². The second-order valence-electron chi connectivity index (χ2n) is 7.08. The maximum Gasteiger partial charge on any atom is 0.191 e. The topological polar surface area (TPSA) is 61.8 Å². The van der Waals surface area contributed by atoms with Crippen LogP contribution in [0.25, 0.3) is 0 Å². The minimum atomic E-state index is 0.141. The van der Waals surface area contributed by atoms with Crippen LogP contribution in [0.5, 0.6) is 5.75 Å². The van der Waals surface area contributed by atoms with E-state index in [9.17, 15) is 0 Å². The van der Waals surface area contributed by atoms with E-state index >= 15 is 0 Å². The van der Waals surface area contributed by atoms with Crippen molar-refractivity contribution >= 4 is 11.8 Å². The van der Waals surface area contributed by atoms with Crippen LogP contribution in [-0.4, -0.2) is 43.7 Å². The summed E-state index contributed by atoms with van der Waals surface area (Å²) in [5.74, 6) is 2.85. The molecule has 2 aliphatic heterocycles. The van der Waals surface area contributed by atoms with Gasteiger partial charge in [-0.3, -0.25) is 4.99 Å². The van der Waals surface area contributed by atoms with Crippen LogP contribution in [0.4, 0.5) is 5.82 Å². The molecule has 6 nitrogen and oxygen atoms in total. The third kappa shape index (κ3) is 4.32. The van der Waals surface area contributed by atoms with Gasteiger partial charge in [-0.2, -0.15) is 0 Å². The number of para-hydroxylation sites is 1. The van der Waals surface area contributed by atoms with E-state index in [4.69, 9.17) is 4.74 Å². The molecule has 0 bridgehead atoms. The smallest absolute Gasteiger partial charge is 0.191 e. The first-order valence-corrected chi connectivity index (χ1v) is 9.71. The van der Waals surface area contributed by atoms with Gasteiger partial charge >= 0.3 is 0 Å². The Balaban J connectivity index is 1.24. The minimum Gasteiger partial charge on any atom is -0.488 e. The zero-order chi connectivity index (χ0) is 18.5. The van der Waals surface area contributed by atoms with Gasteiger partial charge in [-0.25, -0.2) is 4.98 Å². The van der Waals surface area contributed by atoms with Crippen molar-refractivity contribution in [3.63, 3.8) is 0 Å². The van der Waals surface area contributed by atoms with Gasteiger partial charge in [0.05, 0.1) is 6.54 Å². The zero-order valence-corrected chi connectivity index (χ0v) is 15.8. The molecule has 1 aromatic heterocycles. The SMILES string of the molecule is CN=C(NCc1ccc(N2CCCC2)nc1)NCC1Cc2ccccc2O1. The zero-order valence-electron chi connectivity index (χ0n) is 15.8. The first-order valence-electron chi connectivity index (χ1n) is 9.71. The molecular formula is C21H27N5O. The quantitative estimate of drug-likeness (QED) is 0.629. The molecule has 0 radical (unpaired) electrons. The Morgan fingerprint density at radius 1 is 1.19 bits per heavy atom. The van der Waals surface area contributed by atoms with E-state index in [0.29, 0.717) is 6.54 Å². The number of guanidine groups is 1. The number of fused-ring (bicyclic) bond motifs is 1. The molecular weight excluding hydrogens is 338 g/mol. The number of ether oxygens (including phenoxy) is 1. The molecule has 0 saturated carbocycles. The van der Waals surface area contributed by atoms with Crippen molar-refractivity contribution in [1.82, 2.24) is 15.6 Å². The summed E-state index contributed by atoms with van der Waals surface area (Å²) in [5, 5.41) is 6.71. The van der Waals surface area contributed by atoms with Crippen molar-refractivity contribution in [3.05, 3.63) is 53.7 Å². The molecule has 2 N–H and O–H groups in total. The summed E-state index contributed by atoms with van der Waals surface area (Å²) < 4.78 is 5.97. The van der Waals surface area contributed by atoms with Crippen molar-refractivity contribution in [2.45, 2.75) is 31.9 Å². The average Bonchev–Trinajstić information content (AvgIpc) is 3.38. The average molecular weight is 365 g/mol. The van der Waals surface area contributed by atoms with Crippen molar-refractivity contribution in [2.24, 2.45) is 4.99 Å².